The molecule has 5 aromatic rings. The predicted octanol–water partition coefficient (Wildman–Crippen LogP) is 9.12. The number of hydrogen-bond acceptors (Lipinski definition) is 2. The molecule has 36 heavy (non-hydrogen) atoms. The third kappa shape index (κ3) is 4.24. The molecular weight excluding hydrogens is 438 g/mol. The number of para-hydroxylation sites is 3. The van der Waals surface area contributed by atoms with Crippen molar-refractivity contribution in [3.8, 4) is 28.3 Å². The number of benzene rings is 3. The normalized spacial score (nSPS) is 11.8. The first-order valence-corrected chi connectivity index (χ1v) is 13.0. The highest BCUT2D eigenvalue weighted by atomic mass is 15.1. The number of aromatic nitrogens is 3. The molecule has 0 saturated carbocycles. The summed E-state index contributed by atoms with van der Waals surface area (Å²) in [6.45, 7) is 13.5. The Morgan fingerprint density at radius 3 is 1.86 bits per heavy atom. The third-order valence-corrected chi connectivity index (χ3v) is 7.01. The van der Waals surface area contributed by atoms with Gasteiger partial charge in [0.1, 0.15) is 5.82 Å². The standard InChI is InChI=1S/C33H35N3/c1-21(2)25-12-7-8-13-28(25)29-19-18-24(20-34-29)33-35-30-16-9-10-17-31(30)36(33)32-26(22(3)4)14-11-15-27(32)23(5)6/h7-23H,1-6H3. The van der Waals surface area contributed by atoms with Gasteiger partial charge in [-0.05, 0) is 58.7 Å². The molecule has 0 radical (unpaired) electrons. The highest BCUT2D eigenvalue weighted by molar-refractivity contribution is 5.84. The Labute approximate surface area is 214 Å². The molecule has 3 heteroatoms. The van der Waals surface area contributed by atoms with Crippen molar-refractivity contribution in [1.82, 2.24) is 14.5 Å². The summed E-state index contributed by atoms with van der Waals surface area (Å²) in [5.74, 6) is 2.15. The van der Waals surface area contributed by atoms with E-state index in [9.17, 15) is 0 Å². The van der Waals surface area contributed by atoms with Crippen LogP contribution in [0.25, 0.3) is 39.4 Å². The molecule has 0 fully saturated rings. The number of hydrogen-bond donors (Lipinski definition) is 0. The van der Waals surface area contributed by atoms with Crippen LogP contribution in [0.15, 0.2) is 85.1 Å². The summed E-state index contributed by atoms with van der Waals surface area (Å²) in [5, 5.41) is 0. The topological polar surface area (TPSA) is 30.7 Å². The third-order valence-electron chi connectivity index (χ3n) is 7.01. The van der Waals surface area contributed by atoms with E-state index in [0.29, 0.717) is 17.8 Å². The predicted molar refractivity (Wildman–Crippen MR) is 152 cm³/mol. The van der Waals surface area contributed by atoms with Gasteiger partial charge in [0.25, 0.3) is 0 Å². The Morgan fingerprint density at radius 1 is 0.611 bits per heavy atom. The average Bonchev–Trinajstić information content (AvgIpc) is 3.27. The van der Waals surface area contributed by atoms with E-state index in [-0.39, 0.29) is 0 Å². The molecule has 0 spiro atoms. The molecule has 3 aromatic carbocycles. The summed E-state index contributed by atoms with van der Waals surface area (Å²) in [5.41, 5.74) is 10.6. The van der Waals surface area contributed by atoms with Crippen LogP contribution in [0.3, 0.4) is 0 Å². The average molecular weight is 474 g/mol. The van der Waals surface area contributed by atoms with Gasteiger partial charge in [-0.2, -0.15) is 0 Å². The lowest BCUT2D eigenvalue weighted by Crippen LogP contribution is -2.08. The number of nitrogens with zero attached hydrogens (tertiary/aromatic N) is 3. The van der Waals surface area contributed by atoms with Gasteiger partial charge in [-0.3, -0.25) is 9.55 Å². The second kappa shape index (κ2) is 9.73. The van der Waals surface area contributed by atoms with Gasteiger partial charge in [-0.15, -0.1) is 0 Å². The minimum absolute atomic E-state index is 0.390. The molecule has 2 aromatic heterocycles. The van der Waals surface area contributed by atoms with E-state index in [2.05, 4.69) is 125 Å². The number of pyridine rings is 1. The quantitative estimate of drug-likeness (QED) is 0.246. The zero-order chi connectivity index (χ0) is 25.4. The fourth-order valence-electron chi connectivity index (χ4n) is 5.14. The number of rotatable bonds is 6. The minimum Gasteiger partial charge on any atom is -0.292 e. The van der Waals surface area contributed by atoms with Gasteiger partial charge in [0.05, 0.1) is 22.4 Å². The van der Waals surface area contributed by atoms with Crippen LogP contribution in [-0.4, -0.2) is 14.5 Å². The minimum atomic E-state index is 0.390. The Kier molecular flexibility index (Phi) is 6.49. The lowest BCUT2D eigenvalue weighted by Gasteiger charge is -2.22. The van der Waals surface area contributed by atoms with Crippen LogP contribution in [-0.2, 0) is 0 Å². The monoisotopic (exact) mass is 473 g/mol. The Hall–Kier alpha value is -3.72. The van der Waals surface area contributed by atoms with Gasteiger partial charge >= 0.3 is 0 Å². The van der Waals surface area contributed by atoms with Crippen LogP contribution in [0.5, 0.6) is 0 Å². The van der Waals surface area contributed by atoms with E-state index in [4.69, 9.17) is 9.97 Å². The lowest BCUT2D eigenvalue weighted by molar-refractivity contribution is 0.811. The molecule has 0 bridgehead atoms. The van der Waals surface area contributed by atoms with Gasteiger partial charge in [0.15, 0.2) is 0 Å². The first-order chi connectivity index (χ1) is 17.4. The molecule has 0 N–H and O–H groups in total. The van der Waals surface area contributed by atoms with Gasteiger partial charge in [0.2, 0.25) is 0 Å². The summed E-state index contributed by atoms with van der Waals surface area (Å²) in [6.07, 6.45) is 1.98. The largest absolute Gasteiger partial charge is 0.292 e. The molecule has 0 saturated heterocycles. The van der Waals surface area contributed by atoms with Crippen LogP contribution in [0.2, 0.25) is 0 Å². The summed E-state index contributed by atoms with van der Waals surface area (Å²) >= 11 is 0. The van der Waals surface area contributed by atoms with Crippen molar-refractivity contribution in [2.45, 2.75) is 59.3 Å². The molecule has 0 aliphatic heterocycles. The van der Waals surface area contributed by atoms with Crippen LogP contribution in [0.1, 0.15) is 76.0 Å². The van der Waals surface area contributed by atoms with Crippen molar-refractivity contribution in [2.75, 3.05) is 0 Å². The number of fused-ring (bicyclic) bond motifs is 1. The van der Waals surface area contributed by atoms with E-state index >= 15 is 0 Å². The van der Waals surface area contributed by atoms with Gasteiger partial charge < -0.3 is 0 Å². The second-order valence-electron chi connectivity index (χ2n) is 10.5. The van der Waals surface area contributed by atoms with E-state index in [1.165, 1.54) is 27.9 Å². The van der Waals surface area contributed by atoms with Crippen molar-refractivity contribution >= 4 is 11.0 Å². The van der Waals surface area contributed by atoms with Crippen LogP contribution < -0.4 is 0 Å². The van der Waals surface area contributed by atoms with Gasteiger partial charge in [0, 0.05) is 17.3 Å². The van der Waals surface area contributed by atoms with E-state index in [0.717, 1.165) is 28.1 Å². The highest BCUT2D eigenvalue weighted by Gasteiger charge is 2.22. The Morgan fingerprint density at radius 2 is 1.22 bits per heavy atom. The summed E-state index contributed by atoms with van der Waals surface area (Å²) in [6, 6.07) is 28.0. The fourth-order valence-corrected chi connectivity index (χ4v) is 5.14. The summed E-state index contributed by atoms with van der Waals surface area (Å²) in [4.78, 5) is 10.1. The van der Waals surface area contributed by atoms with E-state index in [1.807, 2.05) is 6.20 Å². The lowest BCUT2D eigenvalue weighted by atomic mass is 9.92. The van der Waals surface area contributed by atoms with Gasteiger partial charge in [-0.1, -0.05) is 96.1 Å². The molecule has 5 rings (SSSR count). The van der Waals surface area contributed by atoms with E-state index in [1.54, 1.807) is 0 Å². The first-order valence-electron chi connectivity index (χ1n) is 13.0. The van der Waals surface area contributed by atoms with Crippen molar-refractivity contribution < 1.29 is 0 Å². The van der Waals surface area contributed by atoms with Crippen LogP contribution in [0.4, 0.5) is 0 Å². The zero-order valence-corrected chi connectivity index (χ0v) is 22.2. The van der Waals surface area contributed by atoms with Crippen LogP contribution >= 0.6 is 0 Å². The molecule has 0 atom stereocenters. The molecule has 0 aliphatic carbocycles. The highest BCUT2D eigenvalue weighted by Crippen LogP contribution is 2.37. The maximum atomic E-state index is 5.13. The molecule has 0 unspecified atom stereocenters. The smallest absolute Gasteiger partial charge is 0.147 e. The number of imidazole rings is 1. The molecule has 182 valence electrons. The summed E-state index contributed by atoms with van der Waals surface area (Å²) < 4.78 is 2.36. The molecule has 0 amide bonds. The van der Waals surface area contributed by atoms with Crippen molar-refractivity contribution in [3.05, 3.63) is 102 Å². The molecular formula is C33H35N3. The Bertz CT molecular complexity index is 1480. The summed E-state index contributed by atoms with van der Waals surface area (Å²) in [7, 11) is 0. The van der Waals surface area contributed by atoms with Crippen LogP contribution in [0, 0.1) is 0 Å². The molecule has 2 heterocycles. The second-order valence-corrected chi connectivity index (χ2v) is 10.5. The molecule has 0 aliphatic rings. The Balaban J connectivity index is 1.73. The maximum absolute atomic E-state index is 5.13. The van der Waals surface area contributed by atoms with Gasteiger partial charge in [-0.25, -0.2) is 4.98 Å². The van der Waals surface area contributed by atoms with E-state index < -0.39 is 0 Å². The van der Waals surface area contributed by atoms with Crippen molar-refractivity contribution in [2.24, 2.45) is 0 Å². The van der Waals surface area contributed by atoms with Crippen molar-refractivity contribution in [1.29, 1.82) is 0 Å². The maximum Gasteiger partial charge on any atom is 0.147 e. The SMILES string of the molecule is CC(C)c1ccccc1-c1ccc(-c2nc3ccccc3n2-c2c(C(C)C)cccc2C(C)C)cn1. The van der Waals surface area contributed by atoms with Crippen molar-refractivity contribution in [3.63, 3.8) is 0 Å². The zero-order valence-electron chi connectivity index (χ0n) is 22.2. The first kappa shape index (κ1) is 24.0. The fraction of sp³-hybridized carbons (Fsp3) is 0.273. The molecule has 3 nitrogen and oxygen atoms in total.